The maximum absolute atomic E-state index is 13.7. The summed E-state index contributed by atoms with van der Waals surface area (Å²) in [5, 5.41) is 3.82. The van der Waals surface area contributed by atoms with Crippen molar-refractivity contribution in [3.05, 3.63) is 34.6 Å². The zero-order valence-corrected chi connectivity index (χ0v) is 10.8. The summed E-state index contributed by atoms with van der Waals surface area (Å²) in [7, 11) is 0. The first-order chi connectivity index (χ1) is 8.16. The van der Waals surface area contributed by atoms with E-state index in [1.807, 2.05) is 0 Å². The van der Waals surface area contributed by atoms with Crippen molar-refractivity contribution in [2.24, 2.45) is 0 Å². The maximum Gasteiger partial charge on any atom is 0.129 e. The number of hydrogen-bond donors (Lipinski definition) is 1. The molecule has 1 aromatic rings. The highest BCUT2D eigenvalue weighted by Crippen LogP contribution is 2.18. The Hall–Kier alpha value is -0.640. The molecular weight excluding hydrogens is 239 g/mol. The highest BCUT2D eigenvalue weighted by molar-refractivity contribution is 6.30. The van der Waals surface area contributed by atoms with Gasteiger partial charge in [-0.25, -0.2) is 4.39 Å². The Morgan fingerprint density at radius 2 is 2.29 bits per heavy atom. The fraction of sp³-hybridized carbons (Fsp3) is 0.538. The minimum Gasteiger partial charge on any atom is -0.315 e. The Balaban J connectivity index is 2.08. The lowest BCUT2D eigenvalue weighted by Crippen LogP contribution is -2.34. The molecule has 0 bridgehead atoms. The quantitative estimate of drug-likeness (QED) is 0.875. The number of rotatable bonds is 2. The summed E-state index contributed by atoms with van der Waals surface area (Å²) in [6, 6.07) is 5.40. The number of halogens is 2. The van der Waals surface area contributed by atoms with E-state index in [0.717, 1.165) is 31.6 Å². The molecule has 0 aliphatic carbocycles. The van der Waals surface area contributed by atoms with Crippen LogP contribution in [0.3, 0.4) is 0 Å². The van der Waals surface area contributed by atoms with Gasteiger partial charge in [0.05, 0.1) is 0 Å². The predicted molar refractivity (Wildman–Crippen MR) is 68.8 cm³/mol. The van der Waals surface area contributed by atoms with Gasteiger partial charge in [0.1, 0.15) is 5.82 Å². The molecule has 1 aliphatic rings. The summed E-state index contributed by atoms with van der Waals surface area (Å²) in [5.41, 5.74) is 0.725. The van der Waals surface area contributed by atoms with Crippen LogP contribution in [0.1, 0.15) is 18.9 Å². The first kappa shape index (κ1) is 12.8. The van der Waals surface area contributed by atoms with Crippen molar-refractivity contribution < 1.29 is 4.39 Å². The average Bonchev–Trinajstić information content (AvgIpc) is 2.48. The first-order valence-corrected chi connectivity index (χ1v) is 6.43. The molecule has 1 heterocycles. The number of benzene rings is 1. The van der Waals surface area contributed by atoms with Gasteiger partial charge in [-0.3, -0.25) is 4.90 Å². The predicted octanol–water partition coefficient (Wildman–Crippen LogP) is 2.66. The second-order valence-electron chi connectivity index (χ2n) is 4.59. The second kappa shape index (κ2) is 5.80. The maximum atomic E-state index is 13.7. The molecule has 1 aromatic carbocycles. The monoisotopic (exact) mass is 256 g/mol. The summed E-state index contributed by atoms with van der Waals surface area (Å²) in [6.07, 6.45) is 1.11. The molecule has 0 spiro atoms. The normalized spacial score (nSPS) is 22.4. The van der Waals surface area contributed by atoms with Gasteiger partial charge < -0.3 is 5.32 Å². The molecular formula is C13H18ClFN2. The Morgan fingerprint density at radius 1 is 1.47 bits per heavy atom. The highest BCUT2D eigenvalue weighted by atomic mass is 35.5. The molecule has 1 atom stereocenters. The van der Waals surface area contributed by atoms with E-state index in [1.165, 1.54) is 6.07 Å². The Kier molecular flexibility index (Phi) is 4.37. The van der Waals surface area contributed by atoms with E-state index in [0.29, 0.717) is 17.6 Å². The van der Waals surface area contributed by atoms with Crippen molar-refractivity contribution in [3.63, 3.8) is 0 Å². The van der Waals surface area contributed by atoms with Gasteiger partial charge in [0.25, 0.3) is 0 Å². The second-order valence-corrected chi connectivity index (χ2v) is 5.03. The Morgan fingerprint density at radius 3 is 3.06 bits per heavy atom. The topological polar surface area (TPSA) is 15.3 Å². The van der Waals surface area contributed by atoms with E-state index in [1.54, 1.807) is 12.1 Å². The summed E-state index contributed by atoms with van der Waals surface area (Å²) in [6.45, 7) is 5.83. The molecule has 1 aliphatic heterocycles. The van der Waals surface area contributed by atoms with Crippen molar-refractivity contribution in [3.8, 4) is 0 Å². The van der Waals surface area contributed by atoms with Crippen LogP contribution < -0.4 is 5.32 Å². The number of nitrogens with one attached hydrogen (secondary N) is 1. The lowest BCUT2D eigenvalue weighted by Gasteiger charge is -2.26. The zero-order valence-electron chi connectivity index (χ0n) is 10.0. The molecule has 4 heteroatoms. The Bertz CT molecular complexity index is 384. The van der Waals surface area contributed by atoms with Gasteiger partial charge in [-0.05, 0) is 32.0 Å². The number of hydrogen-bond acceptors (Lipinski definition) is 2. The molecule has 1 unspecified atom stereocenters. The van der Waals surface area contributed by atoms with Crippen LogP contribution in [0.4, 0.5) is 4.39 Å². The molecule has 2 nitrogen and oxygen atoms in total. The van der Waals surface area contributed by atoms with Crippen LogP contribution in [-0.2, 0) is 6.54 Å². The minimum absolute atomic E-state index is 0.207. The summed E-state index contributed by atoms with van der Waals surface area (Å²) >= 11 is 5.75. The third-order valence-electron chi connectivity index (χ3n) is 3.33. The molecule has 0 amide bonds. The average molecular weight is 257 g/mol. The van der Waals surface area contributed by atoms with E-state index in [4.69, 9.17) is 11.6 Å². The molecule has 0 radical (unpaired) electrons. The molecule has 1 fully saturated rings. The van der Waals surface area contributed by atoms with E-state index < -0.39 is 0 Å². The first-order valence-electron chi connectivity index (χ1n) is 6.05. The molecule has 17 heavy (non-hydrogen) atoms. The zero-order chi connectivity index (χ0) is 12.3. The van der Waals surface area contributed by atoms with Gasteiger partial charge in [0.15, 0.2) is 0 Å². The third-order valence-corrected chi connectivity index (χ3v) is 3.56. The highest BCUT2D eigenvalue weighted by Gasteiger charge is 2.17. The minimum atomic E-state index is -0.207. The van der Waals surface area contributed by atoms with E-state index >= 15 is 0 Å². The fourth-order valence-electron chi connectivity index (χ4n) is 2.17. The summed E-state index contributed by atoms with van der Waals surface area (Å²) in [5.74, 6) is -0.207. The van der Waals surface area contributed by atoms with Crippen molar-refractivity contribution >= 4 is 11.6 Å². The van der Waals surface area contributed by atoms with Crippen molar-refractivity contribution in [1.29, 1.82) is 0 Å². The molecule has 2 rings (SSSR count). The van der Waals surface area contributed by atoms with Crippen molar-refractivity contribution in [2.45, 2.75) is 25.9 Å². The summed E-state index contributed by atoms with van der Waals surface area (Å²) < 4.78 is 13.7. The van der Waals surface area contributed by atoms with Crippen LogP contribution >= 0.6 is 11.6 Å². The molecule has 94 valence electrons. The molecule has 1 N–H and O–H groups in total. The van der Waals surface area contributed by atoms with Gasteiger partial charge in [0, 0.05) is 36.3 Å². The van der Waals surface area contributed by atoms with E-state index in [2.05, 4.69) is 17.1 Å². The summed E-state index contributed by atoms with van der Waals surface area (Å²) in [4.78, 5) is 2.31. The van der Waals surface area contributed by atoms with Gasteiger partial charge in [-0.15, -0.1) is 0 Å². The van der Waals surface area contributed by atoms with Crippen LogP contribution in [0.5, 0.6) is 0 Å². The fourth-order valence-corrected chi connectivity index (χ4v) is 2.32. The lowest BCUT2D eigenvalue weighted by atomic mass is 10.1. The standard InChI is InChI=1S/C13H18ClFN2/c1-10-4-5-16-6-7-17(10)9-11-2-3-12(14)8-13(11)15/h2-3,8,10,16H,4-7,9H2,1H3. The van der Waals surface area contributed by atoms with Crippen LogP contribution in [-0.4, -0.2) is 30.6 Å². The van der Waals surface area contributed by atoms with Crippen LogP contribution in [0, 0.1) is 5.82 Å². The van der Waals surface area contributed by atoms with Crippen LogP contribution in [0.2, 0.25) is 5.02 Å². The Labute approximate surface area is 107 Å². The third kappa shape index (κ3) is 3.41. The largest absolute Gasteiger partial charge is 0.315 e. The van der Waals surface area contributed by atoms with Gasteiger partial charge in [0.2, 0.25) is 0 Å². The molecule has 0 saturated carbocycles. The SMILES string of the molecule is CC1CCNCCN1Cc1ccc(Cl)cc1F. The van der Waals surface area contributed by atoms with Gasteiger partial charge in [-0.1, -0.05) is 17.7 Å². The van der Waals surface area contributed by atoms with Gasteiger partial charge in [-0.2, -0.15) is 0 Å². The van der Waals surface area contributed by atoms with E-state index in [9.17, 15) is 4.39 Å². The van der Waals surface area contributed by atoms with Gasteiger partial charge >= 0.3 is 0 Å². The van der Waals surface area contributed by atoms with Crippen molar-refractivity contribution in [2.75, 3.05) is 19.6 Å². The van der Waals surface area contributed by atoms with Crippen molar-refractivity contribution in [1.82, 2.24) is 10.2 Å². The number of nitrogens with zero attached hydrogens (tertiary/aromatic N) is 1. The lowest BCUT2D eigenvalue weighted by molar-refractivity contribution is 0.209. The van der Waals surface area contributed by atoms with Crippen LogP contribution in [0.15, 0.2) is 18.2 Å². The molecule has 0 aromatic heterocycles. The van der Waals surface area contributed by atoms with E-state index in [-0.39, 0.29) is 5.82 Å². The molecule has 1 saturated heterocycles. The van der Waals surface area contributed by atoms with Crippen LogP contribution in [0.25, 0.3) is 0 Å². The smallest absolute Gasteiger partial charge is 0.129 e.